The highest BCUT2D eigenvalue weighted by molar-refractivity contribution is 7.10. The number of nitrogens with zero attached hydrogens (tertiary/aromatic N) is 3. The van der Waals surface area contributed by atoms with Crippen LogP contribution < -0.4 is 5.73 Å². The molecule has 6 heteroatoms. The van der Waals surface area contributed by atoms with Crippen molar-refractivity contribution in [2.75, 3.05) is 5.73 Å². The molecule has 0 atom stereocenters. The first kappa shape index (κ1) is 13.4. The van der Waals surface area contributed by atoms with Crippen molar-refractivity contribution in [1.82, 2.24) is 13.9 Å². The zero-order valence-electron chi connectivity index (χ0n) is 11.4. The van der Waals surface area contributed by atoms with Gasteiger partial charge in [-0.1, -0.05) is 18.5 Å². The summed E-state index contributed by atoms with van der Waals surface area (Å²) < 4.78 is 6.51. The van der Waals surface area contributed by atoms with E-state index in [1.54, 1.807) is 0 Å². The second-order valence-corrected chi connectivity index (χ2v) is 5.97. The average molecular weight is 307 g/mol. The maximum absolute atomic E-state index is 6.07. The monoisotopic (exact) mass is 306 g/mol. The van der Waals surface area contributed by atoms with Gasteiger partial charge in [0.15, 0.2) is 0 Å². The van der Waals surface area contributed by atoms with Gasteiger partial charge < -0.3 is 10.3 Å². The highest BCUT2D eigenvalue weighted by Gasteiger charge is 2.18. The molecule has 20 heavy (non-hydrogen) atoms. The molecule has 2 aromatic heterocycles. The molecular formula is C14H15ClN4S. The molecule has 0 unspecified atom stereocenters. The van der Waals surface area contributed by atoms with E-state index in [1.165, 1.54) is 11.5 Å². The van der Waals surface area contributed by atoms with Gasteiger partial charge in [-0.25, -0.2) is 4.98 Å². The molecule has 0 aliphatic heterocycles. The molecule has 0 fully saturated rings. The van der Waals surface area contributed by atoms with Crippen LogP contribution in [0.2, 0.25) is 5.02 Å². The van der Waals surface area contributed by atoms with E-state index in [9.17, 15) is 0 Å². The third-order valence-electron chi connectivity index (χ3n) is 3.27. The van der Waals surface area contributed by atoms with E-state index in [0.717, 1.165) is 41.1 Å². The molecule has 0 aliphatic rings. The highest BCUT2D eigenvalue weighted by Crippen LogP contribution is 2.34. The Bertz CT molecular complexity index is 755. The summed E-state index contributed by atoms with van der Waals surface area (Å²) in [6, 6.07) is 5.79. The minimum absolute atomic E-state index is 0.693. The second kappa shape index (κ2) is 5.07. The number of rotatable bonds is 3. The SMILES string of the molecule is CCCn1c(-c2c(C)nsc2N)nc2cc(Cl)ccc21. The summed E-state index contributed by atoms with van der Waals surface area (Å²) >= 11 is 7.37. The molecule has 0 saturated heterocycles. The number of nitrogens with two attached hydrogens (primary N) is 1. The Morgan fingerprint density at radius 1 is 1.40 bits per heavy atom. The molecule has 1 aromatic carbocycles. The van der Waals surface area contributed by atoms with Crippen molar-refractivity contribution in [3.63, 3.8) is 0 Å². The number of hydrogen-bond acceptors (Lipinski definition) is 4. The quantitative estimate of drug-likeness (QED) is 0.792. The summed E-state index contributed by atoms with van der Waals surface area (Å²) in [7, 11) is 0. The first-order valence-corrected chi connectivity index (χ1v) is 7.65. The smallest absolute Gasteiger partial charge is 0.146 e. The van der Waals surface area contributed by atoms with Gasteiger partial charge in [-0.15, -0.1) is 0 Å². The van der Waals surface area contributed by atoms with Crippen molar-refractivity contribution >= 4 is 39.2 Å². The molecule has 0 radical (unpaired) electrons. The maximum atomic E-state index is 6.07. The third kappa shape index (κ3) is 2.07. The normalized spacial score (nSPS) is 11.3. The summed E-state index contributed by atoms with van der Waals surface area (Å²) in [6.45, 7) is 5.00. The number of aryl methyl sites for hydroxylation is 2. The molecular weight excluding hydrogens is 292 g/mol. The molecule has 3 aromatic rings. The Labute approximate surface area is 126 Å². The van der Waals surface area contributed by atoms with E-state index in [4.69, 9.17) is 22.3 Å². The molecule has 0 amide bonds. The van der Waals surface area contributed by atoms with Crippen LogP contribution in [0.1, 0.15) is 19.0 Å². The first-order valence-electron chi connectivity index (χ1n) is 6.49. The van der Waals surface area contributed by atoms with Gasteiger partial charge >= 0.3 is 0 Å². The summed E-state index contributed by atoms with van der Waals surface area (Å²) in [6.07, 6.45) is 1.03. The molecule has 2 heterocycles. The maximum Gasteiger partial charge on any atom is 0.146 e. The number of hydrogen-bond donors (Lipinski definition) is 1. The number of anilines is 1. The summed E-state index contributed by atoms with van der Waals surface area (Å²) in [5.41, 5.74) is 9.90. The summed E-state index contributed by atoms with van der Waals surface area (Å²) in [5.74, 6) is 0.882. The van der Waals surface area contributed by atoms with Gasteiger partial charge in [0.2, 0.25) is 0 Å². The number of imidazole rings is 1. The van der Waals surface area contributed by atoms with E-state index in [0.29, 0.717) is 10.0 Å². The summed E-state index contributed by atoms with van der Waals surface area (Å²) in [4.78, 5) is 4.72. The lowest BCUT2D eigenvalue weighted by Gasteiger charge is -2.07. The molecule has 104 valence electrons. The van der Waals surface area contributed by atoms with Gasteiger partial charge in [-0.05, 0) is 43.1 Å². The summed E-state index contributed by atoms with van der Waals surface area (Å²) in [5, 5.41) is 1.40. The van der Waals surface area contributed by atoms with Crippen LogP contribution in [0.3, 0.4) is 0 Å². The fraction of sp³-hybridized carbons (Fsp3) is 0.286. The van der Waals surface area contributed by atoms with Gasteiger partial charge in [0.25, 0.3) is 0 Å². The largest absolute Gasteiger partial charge is 0.389 e. The minimum Gasteiger partial charge on any atom is -0.389 e. The van der Waals surface area contributed by atoms with Crippen LogP contribution in [0, 0.1) is 6.92 Å². The molecule has 0 spiro atoms. The van der Waals surface area contributed by atoms with Gasteiger partial charge in [0.05, 0.1) is 22.3 Å². The van der Waals surface area contributed by atoms with Crippen molar-refractivity contribution in [2.45, 2.75) is 26.8 Å². The Hall–Kier alpha value is -1.59. The van der Waals surface area contributed by atoms with Gasteiger partial charge in [0, 0.05) is 11.6 Å². The van der Waals surface area contributed by atoms with E-state index in [2.05, 4.69) is 15.9 Å². The fourth-order valence-corrected chi connectivity index (χ4v) is 3.23. The number of benzene rings is 1. The van der Waals surface area contributed by atoms with Gasteiger partial charge in [-0.2, -0.15) is 4.37 Å². The van der Waals surface area contributed by atoms with Crippen LogP contribution in [-0.2, 0) is 6.54 Å². The lowest BCUT2D eigenvalue weighted by atomic mass is 10.2. The van der Waals surface area contributed by atoms with Crippen LogP contribution in [0.25, 0.3) is 22.4 Å². The van der Waals surface area contributed by atoms with E-state index < -0.39 is 0 Å². The minimum atomic E-state index is 0.693. The van der Waals surface area contributed by atoms with Crippen molar-refractivity contribution < 1.29 is 0 Å². The topological polar surface area (TPSA) is 56.7 Å². The van der Waals surface area contributed by atoms with Crippen molar-refractivity contribution in [3.8, 4) is 11.4 Å². The number of halogens is 1. The van der Waals surface area contributed by atoms with Crippen LogP contribution in [0.4, 0.5) is 5.00 Å². The van der Waals surface area contributed by atoms with Crippen LogP contribution >= 0.6 is 23.1 Å². The van der Waals surface area contributed by atoms with E-state index in [1.807, 2.05) is 25.1 Å². The zero-order chi connectivity index (χ0) is 14.3. The molecule has 0 bridgehead atoms. The number of aromatic nitrogens is 3. The van der Waals surface area contributed by atoms with Crippen molar-refractivity contribution in [3.05, 3.63) is 28.9 Å². The number of fused-ring (bicyclic) bond motifs is 1. The van der Waals surface area contributed by atoms with Gasteiger partial charge in [0.1, 0.15) is 10.8 Å². The van der Waals surface area contributed by atoms with Crippen LogP contribution in [0.5, 0.6) is 0 Å². The predicted molar refractivity (Wildman–Crippen MR) is 85.3 cm³/mol. The molecule has 4 nitrogen and oxygen atoms in total. The highest BCUT2D eigenvalue weighted by atomic mass is 35.5. The van der Waals surface area contributed by atoms with Crippen LogP contribution in [0.15, 0.2) is 18.2 Å². The Morgan fingerprint density at radius 3 is 2.85 bits per heavy atom. The Morgan fingerprint density at radius 2 is 2.20 bits per heavy atom. The molecule has 3 rings (SSSR count). The molecule has 0 saturated carbocycles. The van der Waals surface area contributed by atoms with Crippen LogP contribution in [-0.4, -0.2) is 13.9 Å². The van der Waals surface area contributed by atoms with E-state index in [-0.39, 0.29) is 0 Å². The Kier molecular flexibility index (Phi) is 3.40. The molecule has 0 aliphatic carbocycles. The molecule has 2 N–H and O–H groups in total. The first-order chi connectivity index (χ1) is 9.61. The number of nitrogen functional groups attached to an aromatic ring is 1. The average Bonchev–Trinajstić information content (AvgIpc) is 2.91. The lowest BCUT2D eigenvalue weighted by molar-refractivity contribution is 0.704. The fourth-order valence-electron chi connectivity index (χ4n) is 2.40. The second-order valence-electron chi connectivity index (χ2n) is 4.73. The third-order valence-corrected chi connectivity index (χ3v) is 4.27. The van der Waals surface area contributed by atoms with Gasteiger partial charge in [-0.3, -0.25) is 0 Å². The predicted octanol–water partition coefficient (Wildman–Crippen LogP) is 4.11. The zero-order valence-corrected chi connectivity index (χ0v) is 12.9. The standard InChI is InChI=1S/C14H15ClN4S/c1-3-6-19-11-5-4-9(15)7-10(11)17-14(19)12-8(2)18-20-13(12)16/h4-5,7H,3,6,16H2,1-2H3. The lowest BCUT2D eigenvalue weighted by Crippen LogP contribution is -2.01. The van der Waals surface area contributed by atoms with Crippen molar-refractivity contribution in [2.24, 2.45) is 0 Å². The van der Waals surface area contributed by atoms with E-state index >= 15 is 0 Å². The van der Waals surface area contributed by atoms with Crippen molar-refractivity contribution in [1.29, 1.82) is 0 Å². The Balaban J connectivity index is 2.32.